The molecule has 1 unspecified atom stereocenters. The van der Waals surface area contributed by atoms with E-state index in [-0.39, 0.29) is 36.4 Å². The first-order chi connectivity index (χ1) is 12.0. The fourth-order valence-corrected chi connectivity index (χ4v) is 3.83. The van der Waals surface area contributed by atoms with Crippen LogP contribution in [-0.2, 0) is 11.3 Å². The second kappa shape index (κ2) is 9.07. The van der Waals surface area contributed by atoms with E-state index in [9.17, 15) is 4.79 Å². The number of halogens is 1. The first kappa shape index (κ1) is 21.0. The van der Waals surface area contributed by atoms with E-state index >= 15 is 0 Å². The quantitative estimate of drug-likeness (QED) is 0.851. The topological polar surface area (TPSA) is 58.8 Å². The zero-order valence-electron chi connectivity index (χ0n) is 15.9. The SMILES string of the molecule is CC1(C)CN(Cc2ccccc2OCC(=O)N2CCCC2)CCC1N.Cl. The maximum atomic E-state index is 12.2. The van der Waals surface area contributed by atoms with Crippen LogP contribution in [0.5, 0.6) is 5.75 Å². The lowest BCUT2D eigenvalue weighted by Gasteiger charge is -2.42. The Balaban J connectivity index is 0.00000243. The van der Waals surface area contributed by atoms with Gasteiger partial charge in [0.2, 0.25) is 0 Å². The Hall–Kier alpha value is -1.30. The molecule has 2 aliphatic heterocycles. The molecule has 0 saturated carbocycles. The summed E-state index contributed by atoms with van der Waals surface area (Å²) < 4.78 is 5.88. The van der Waals surface area contributed by atoms with Gasteiger partial charge in [0.1, 0.15) is 5.75 Å². The molecule has 0 aliphatic carbocycles. The lowest BCUT2D eigenvalue weighted by Crippen LogP contribution is -2.52. The molecule has 26 heavy (non-hydrogen) atoms. The Morgan fingerprint density at radius 1 is 1.23 bits per heavy atom. The number of ether oxygens (including phenoxy) is 1. The number of carbonyl (C=O) groups is 1. The van der Waals surface area contributed by atoms with Crippen LogP contribution in [0.1, 0.15) is 38.7 Å². The van der Waals surface area contributed by atoms with E-state index in [0.29, 0.717) is 0 Å². The van der Waals surface area contributed by atoms with Crippen molar-refractivity contribution in [3.05, 3.63) is 29.8 Å². The molecule has 1 amide bonds. The predicted octanol–water partition coefficient (Wildman–Crippen LogP) is 2.67. The number of benzene rings is 1. The molecule has 2 saturated heterocycles. The molecule has 0 bridgehead atoms. The van der Waals surface area contributed by atoms with Crippen LogP contribution in [0.2, 0.25) is 0 Å². The maximum Gasteiger partial charge on any atom is 0.260 e. The molecule has 1 atom stereocenters. The van der Waals surface area contributed by atoms with Crippen molar-refractivity contribution in [2.45, 2.75) is 45.7 Å². The van der Waals surface area contributed by atoms with Gasteiger partial charge in [-0.1, -0.05) is 32.0 Å². The van der Waals surface area contributed by atoms with Gasteiger partial charge in [-0.25, -0.2) is 0 Å². The fraction of sp³-hybridized carbons (Fsp3) is 0.650. The number of nitrogens with two attached hydrogens (primary N) is 1. The van der Waals surface area contributed by atoms with Crippen molar-refractivity contribution < 1.29 is 9.53 Å². The molecule has 0 spiro atoms. The Kier molecular flexibility index (Phi) is 7.33. The molecule has 2 aliphatic rings. The predicted molar refractivity (Wildman–Crippen MR) is 107 cm³/mol. The number of piperidine rings is 1. The summed E-state index contributed by atoms with van der Waals surface area (Å²) in [5, 5.41) is 0. The van der Waals surface area contributed by atoms with Crippen LogP contribution in [0.4, 0.5) is 0 Å². The second-order valence-corrected chi connectivity index (χ2v) is 8.08. The monoisotopic (exact) mass is 381 g/mol. The van der Waals surface area contributed by atoms with Crippen molar-refractivity contribution in [3.63, 3.8) is 0 Å². The molecule has 5 nitrogen and oxygen atoms in total. The minimum Gasteiger partial charge on any atom is -0.483 e. The summed E-state index contributed by atoms with van der Waals surface area (Å²) in [6.07, 6.45) is 3.23. The van der Waals surface area contributed by atoms with E-state index in [1.54, 1.807) is 0 Å². The maximum absolute atomic E-state index is 12.2. The zero-order chi connectivity index (χ0) is 17.9. The smallest absolute Gasteiger partial charge is 0.260 e. The van der Waals surface area contributed by atoms with E-state index in [1.807, 2.05) is 23.1 Å². The lowest BCUT2D eigenvalue weighted by atomic mass is 9.79. The Bertz CT molecular complexity index is 602. The molecule has 0 radical (unpaired) electrons. The summed E-state index contributed by atoms with van der Waals surface area (Å²) in [6.45, 7) is 9.17. The van der Waals surface area contributed by atoms with Gasteiger partial charge in [-0.15, -0.1) is 12.4 Å². The van der Waals surface area contributed by atoms with Crippen LogP contribution in [0, 0.1) is 5.41 Å². The number of hydrogen-bond acceptors (Lipinski definition) is 4. The normalized spacial score (nSPS) is 22.7. The van der Waals surface area contributed by atoms with Crippen LogP contribution in [0.15, 0.2) is 24.3 Å². The third kappa shape index (κ3) is 5.12. The van der Waals surface area contributed by atoms with Gasteiger partial charge in [-0.2, -0.15) is 0 Å². The molecular weight excluding hydrogens is 350 g/mol. The zero-order valence-corrected chi connectivity index (χ0v) is 16.8. The first-order valence-electron chi connectivity index (χ1n) is 9.42. The molecule has 1 aromatic carbocycles. The van der Waals surface area contributed by atoms with Crippen molar-refractivity contribution in [3.8, 4) is 5.75 Å². The largest absolute Gasteiger partial charge is 0.483 e. The fourth-order valence-electron chi connectivity index (χ4n) is 3.83. The Morgan fingerprint density at radius 2 is 1.92 bits per heavy atom. The van der Waals surface area contributed by atoms with Gasteiger partial charge in [0, 0.05) is 44.3 Å². The summed E-state index contributed by atoms with van der Waals surface area (Å²) in [7, 11) is 0. The van der Waals surface area contributed by atoms with E-state index in [2.05, 4.69) is 24.8 Å². The highest BCUT2D eigenvalue weighted by Crippen LogP contribution is 2.30. The molecule has 1 aromatic rings. The van der Waals surface area contributed by atoms with E-state index < -0.39 is 0 Å². The van der Waals surface area contributed by atoms with Crippen LogP contribution in [0.25, 0.3) is 0 Å². The number of hydrogen-bond donors (Lipinski definition) is 1. The average molecular weight is 382 g/mol. The molecule has 2 heterocycles. The van der Waals surface area contributed by atoms with Gasteiger partial charge in [-0.05, 0) is 30.7 Å². The molecule has 2 N–H and O–H groups in total. The minimum absolute atomic E-state index is 0. The number of para-hydroxylation sites is 1. The first-order valence-corrected chi connectivity index (χ1v) is 9.42. The van der Waals surface area contributed by atoms with Crippen LogP contribution in [0.3, 0.4) is 0 Å². The summed E-state index contributed by atoms with van der Waals surface area (Å²) >= 11 is 0. The lowest BCUT2D eigenvalue weighted by molar-refractivity contribution is -0.132. The number of rotatable bonds is 5. The molecular formula is C20H32ClN3O2. The van der Waals surface area contributed by atoms with E-state index in [1.165, 1.54) is 0 Å². The Labute approximate surface area is 163 Å². The van der Waals surface area contributed by atoms with Gasteiger partial charge >= 0.3 is 0 Å². The molecule has 146 valence electrons. The summed E-state index contributed by atoms with van der Waals surface area (Å²) in [5.74, 6) is 0.917. The highest BCUT2D eigenvalue weighted by Gasteiger charge is 2.33. The number of likely N-dealkylation sites (tertiary alicyclic amines) is 2. The van der Waals surface area contributed by atoms with Crippen molar-refractivity contribution >= 4 is 18.3 Å². The Morgan fingerprint density at radius 3 is 2.62 bits per heavy atom. The van der Waals surface area contributed by atoms with Gasteiger partial charge < -0.3 is 15.4 Å². The highest BCUT2D eigenvalue weighted by atomic mass is 35.5. The third-order valence-electron chi connectivity index (χ3n) is 5.57. The van der Waals surface area contributed by atoms with Crippen molar-refractivity contribution in [1.29, 1.82) is 0 Å². The van der Waals surface area contributed by atoms with Gasteiger partial charge in [0.05, 0.1) is 0 Å². The van der Waals surface area contributed by atoms with Gasteiger partial charge in [-0.3, -0.25) is 9.69 Å². The van der Waals surface area contributed by atoms with Crippen LogP contribution >= 0.6 is 12.4 Å². The molecule has 2 fully saturated rings. The summed E-state index contributed by atoms with van der Waals surface area (Å²) in [4.78, 5) is 16.6. The molecule has 6 heteroatoms. The average Bonchev–Trinajstić information content (AvgIpc) is 3.11. The van der Waals surface area contributed by atoms with Crippen LogP contribution in [-0.4, -0.2) is 54.5 Å². The second-order valence-electron chi connectivity index (χ2n) is 8.08. The minimum atomic E-state index is 0. The van der Waals surface area contributed by atoms with Crippen molar-refractivity contribution in [2.75, 3.05) is 32.8 Å². The third-order valence-corrected chi connectivity index (χ3v) is 5.57. The summed E-state index contributed by atoms with van der Waals surface area (Å²) in [6, 6.07) is 8.32. The van der Waals surface area contributed by atoms with Gasteiger partial charge in [0.25, 0.3) is 5.91 Å². The number of amides is 1. The van der Waals surface area contributed by atoms with Crippen molar-refractivity contribution in [1.82, 2.24) is 9.80 Å². The standard InChI is InChI=1S/C20H31N3O2.ClH/c1-20(2)15-22(12-9-18(20)21)13-16-7-3-4-8-17(16)25-14-19(24)23-10-5-6-11-23;/h3-4,7-8,18H,5-6,9-15,21H2,1-2H3;1H. The summed E-state index contributed by atoms with van der Waals surface area (Å²) in [5.41, 5.74) is 7.51. The van der Waals surface area contributed by atoms with E-state index in [0.717, 1.165) is 63.3 Å². The van der Waals surface area contributed by atoms with Crippen molar-refractivity contribution in [2.24, 2.45) is 11.1 Å². The number of nitrogens with zero attached hydrogens (tertiary/aromatic N) is 2. The van der Waals surface area contributed by atoms with E-state index in [4.69, 9.17) is 10.5 Å². The van der Waals surface area contributed by atoms with Crippen LogP contribution < -0.4 is 10.5 Å². The number of carbonyl (C=O) groups excluding carboxylic acids is 1. The molecule has 3 rings (SSSR count). The molecule has 0 aromatic heterocycles. The highest BCUT2D eigenvalue weighted by molar-refractivity contribution is 5.85. The van der Waals surface area contributed by atoms with Gasteiger partial charge in [0.15, 0.2) is 6.61 Å².